The van der Waals surface area contributed by atoms with Gasteiger partial charge in [-0.3, -0.25) is 4.79 Å². The Kier molecular flexibility index (Phi) is 5.79. The van der Waals surface area contributed by atoms with E-state index in [0.717, 1.165) is 17.7 Å². The molecule has 1 fully saturated rings. The molecule has 0 bridgehead atoms. The van der Waals surface area contributed by atoms with Crippen LogP contribution in [0.15, 0.2) is 30.5 Å². The first-order chi connectivity index (χ1) is 15.3. The first kappa shape index (κ1) is 21.7. The summed E-state index contributed by atoms with van der Waals surface area (Å²) in [5.41, 5.74) is 1.69. The number of pyridine rings is 1. The molecule has 2 amide bonds. The van der Waals surface area contributed by atoms with Gasteiger partial charge in [-0.1, -0.05) is 0 Å². The van der Waals surface area contributed by atoms with Crippen molar-refractivity contribution < 1.29 is 23.5 Å². The van der Waals surface area contributed by atoms with Gasteiger partial charge in [0.25, 0.3) is 5.91 Å². The Morgan fingerprint density at radius 3 is 2.66 bits per heavy atom. The second-order valence-corrected chi connectivity index (χ2v) is 7.82. The van der Waals surface area contributed by atoms with Crippen LogP contribution >= 0.6 is 0 Å². The summed E-state index contributed by atoms with van der Waals surface area (Å²) in [5, 5.41) is 14.9. The van der Waals surface area contributed by atoms with Crippen molar-refractivity contribution in [1.29, 1.82) is 0 Å². The van der Waals surface area contributed by atoms with Crippen LogP contribution in [0.5, 0.6) is 0 Å². The number of carboxylic acid groups (broad SMARTS) is 1. The number of nitrogens with one attached hydrogen (secondary N) is 2. The number of piperazine rings is 1. The van der Waals surface area contributed by atoms with Gasteiger partial charge in [0, 0.05) is 50.9 Å². The first-order valence-electron chi connectivity index (χ1n) is 10.2. The standard InChI is InChI=1S/C22H23F2N5O3/c1-12-3-5-29-17(10-14-11-28(22(31)32)6-4-26-14)20(27-18(29)7-12)19-15(23)8-13(9-16(19)24)21(30)25-2/h3,5,7-9,14,26H,4,6,10-11H2,1-2H3,(H,25,30)(H,31,32). The Hall–Kier alpha value is -3.53. The highest BCUT2D eigenvalue weighted by molar-refractivity contribution is 5.94. The predicted molar refractivity (Wildman–Crippen MR) is 114 cm³/mol. The van der Waals surface area contributed by atoms with E-state index in [1.807, 2.05) is 13.0 Å². The molecule has 1 aliphatic rings. The van der Waals surface area contributed by atoms with Crippen LogP contribution in [-0.2, 0) is 6.42 Å². The summed E-state index contributed by atoms with van der Waals surface area (Å²) in [4.78, 5) is 29.0. The zero-order chi connectivity index (χ0) is 23.0. The molecular formula is C22H23F2N5O3. The highest BCUT2D eigenvalue weighted by Gasteiger charge is 2.28. The summed E-state index contributed by atoms with van der Waals surface area (Å²) >= 11 is 0. The van der Waals surface area contributed by atoms with Gasteiger partial charge in [-0.15, -0.1) is 0 Å². The van der Waals surface area contributed by atoms with Gasteiger partial charge in [0.15, 0.2) is 0 Å². The molecule has 3 heterocycles. The number of fused-ring (bicyclic) bond motifs is 1. The van der Waals surface area contributed by atoms with Gasteiger partial charge in [-0.05, 0) is 36.8 Å². The molecule has 1 aliphatic heterocycles. The van der Waals surface area contributed by atoms with E-state index >= 15 is 8.78 Å². The molecule has 1 atom stereocenters. The molecule has 3 aromatic rings. The largest absolute Gasteiger partial charge is 0.465 e. The van der Waals surface area contributed by atoms with E-state index in [2.05, 4.69) is 15.6 Å². The third kappa shape index (κ3) is 4.01. The molecule has 0 aliphatic carbocycles. The lowest BCUT2D eigenvalue weighted by molar-refractivity contribution is 0.0962. The van der Waals surface area contributed by atoms with Crippen LogP contribution in [0, 0.1) is 18.6 Å². The van der Waals surface area contributed by atoms with Crippen molar-refractivity contribution in [3.63, 3.8) is 0 Å². The third-order valence-corrected chi connectivity index (χ3v) is 5.61. The number of aryl methyl sites for hydroxylation is 1. The van der Waals surface area contributed by atoms with E-state index in [0.29, 0.717) is 30.9 Å². The van der Waals surface area contributed by atoms with Crippen LogP contribution in [-0.4, -0.2) is 64.1 Å². The monoisotopic (exact) mass is 443 g/mol. The van der Waals surface area contributed by atoms with E-state index in [9.17, 15) is 14.7 Å². The number of imidazole rings is 1. The number of amides is 2. The second kappa shape index (κ2) is 8.54. The topological polar surface area (TPSA) is 99.0 Å². The van der Waals surface area contributed by atoms with Crippen molar-refractivity contribution in [2.24, 2.45) is 0 Å². The van der Waals surface area contributed by atoms with Crippen molar-refractivity contribution in [1.82, 2.24) is 24.9 Å². The molecule has 0 saturated carbocycles. The van der Waals surface area contributed by atoms with Crippen molar-refractivity contribution in [3.05, 3.63) is 58.9 Å². The highest BCUT2D eigenvalue weighted by Crippen LogP contribution is 2.31. The maximum absolute atomic E-state index is 15.1. The lowest BCUT2D eigenvalue weighted by Crippen LogP contribution is -2.53. The molecule has 2 aromatic heterocycles. The van der Waals surface area contributed by atoms with E-state index < -0.39 is 23.6 Å². The number of carbonyl (C=O) groups excluding carboxylic acids is 1. The van der Waals surface area contributed by atoms with E-state index in [4.69, 9.17) is 0 Å². The van der Waals surface area contributed by atoms with Crippen LogP contribution in [0.25, 0.3) is 16.9 Å². The average Bonchev–Trinajstić information content (AvgIpc) is 3.09. The highest BCUT2D eigenvalue weighted by atomic mass is 19.1. The summed E-state index contributed by atoms with van der Waals surface area (Å²) in [5.74, 6) is -2.39. The molecule has 4 rings (SSSR count). The van der Waals surface area contributed by atoms with Crippen LogP contribution in [0.2, 0.25) is 0 Å². The van der Waals surface area contributed by atoms with Crippen LogP contribution < -0.4 is 10.6 Å². The van der Waals surface area contributed by atoms with Gasteiger partial charge in [-0.25, -0.2) is 18.6 Å². The van der Waals surface area contributed by atoms with Crippen molar-refractivity contribution in [2.75, 3.05) is 26.7 Å². The Morgan fingerprint density at radius 1 is 1.28 bits per heavy atom. The normalized spacial score (nSPS) is 16.4. The van der Waals surface area contributed by atoms with Gasteiger partial charge in [-0.2, -0.15) is 0 Å². The second-order valence-electron chi connectivity index (χ2n) is 7.82. The van der Waals surface area contributed by atoms with Crippen LogP contribution in [0.1, 0.15) is 21.6 Å². The van der Waals surface area contributed by atoms with Crippen molar-refractivity contribution >= 4 is 17.6 Å². The van der Waals surface area contributed by atoms with Crippen molar-refractivity contribution in [2.45, 2.75) is 19.4 Å². The SMILES string of the molecule is CNC(=O)c1cc(F)c(-c2nc3cc(C)ccn3c2CC2CN(C(=O)O)CCN2)c(F)c1. The third-order valence-electron chi connectivity index (χ3n) is 5.61. The molecule has 32 heavy (non-hydrogen) atoms. The van der Waals surface area contributed by atoms with Gasteiger partial charge < -0.3 is 25.0 Å². The molecule has 10 heteroatoms. The zero-order valence-corrected chi connectivity index (χ0v) is 17.7. The van der Waals surface area contributed by atoms with Gasteiger partial charge in [0.1, 0.15) is 17.3 Å². The predicted octanol–water partition coefficient (Wildman–Crippen LogP) is 2.44. The van der Waals surface area contributed by atoms with Crippen LogP contribution in [0.3, 0.4) is 0 Å². The molecule has 3 N–H and O–H groups in total. The summed E-state index contributed by atoms with van der Waals surface area (Å²) in [6, 6.07) is 5.39. The fourth-order valence-electron chi connectivity index (χ4n) is 4.04. The number of hydrogen-bond donors (Lipinski definition) is 3. The molecule has 1 aromatic carbocycles. The lowest BCUT2D eigenvalue weighted by atomic mass is 10.0. The summed E-state index contributed by atoms with van der Waals surface area (Å²) in [6.45, 7) is 2.98. The number of nitrogens with zero attached hydrogens (tertiary/aromatic N) is 3. The summed E-state index contributed by atoms with van der Waals surface area (Å²) in [7, 11) is 1.38. The summed E-state index contributed by atoms with van der Waals surface area (Å²) < 4.78 is 31.9. The maximum Gasteiger partial charge on any atom is 0.407 e. The Bertz CT molecular complexity index is 1190. The maximum atomic E-state index is 15.1. The van der Waals surface area contributed by atoms with Crippen molar-refractivity contribution in [3.8, 4) is 11.3 Å². The molecule has 0 spiro atoms. The minimum Gasteiger partial charge on any atom is -0.465 e. The van der Waals surface area contributed by atoms with Gasteiger partial charge in [0.05, 0.1) is 17.0 Å². The molecule has 0 radical (unpaired) electrons. The van der Waals surface area contributed by atoms with Gasteiger partial charge >= 0.3 is 6.09 Å². The molecular weight excluding hydrogens is 420 g/mol. The number of halogens is 2. The van der Waals surface area contributed by atoms with Gasteiger partial charge in [0.2, 0.25) is 0 Å². The number of hydrogen-bond acceptors (Lipinski definition) is 4. The Balaban J connectivity index is 1.82. The smallest absolute Gasteiger partial charge is 0.407 e. The lowest BCUT2D eigenvalue weighted by Gasteiger charge is -2.32. The number of aromatic nitrogens is 2. The molecule has 1 saturated heterocycles. The first-order valence-corrected chi connectivity index (χ1v) is 10.2. The minimum atomic E-state index is -1.01. The number of rotatable bonds is 4. The zero-order valence-electron chi connectivity index (χ0n) is 17.7. The average molecular weight is 443 g/mol. The quantitative estimate of drug-likeness (QED) is 0.575. The Labute approximate surface area is 182 Å². The molecule has 1 unspecified atom stereocenters. The fourth-order valence-corrected chi connectivity index (χ4v) is 4.04. The van der Waals surface area contributed by atoms with E-state index in [-0.39, 0.29) is 29.4 Å². The van der Waals surface area contributed by atoms with E-state index in [1.165, 1.54) is 11.9 Å². The fraction of sp³-hybridized carbons (Fsp3) is 0.318. The Morgan fingerprint density at radius 2 is 2.00 bits per heavy atom. The van der Waals surface area contributed by atoms with Crippen LogP contribution in [0.4, 0.5) is 13.6 Å². The number of benzene rings is 1. The molecule has 168 valence electrons. The van der Waals surface area contributed by atoms with E-state index in [1.54, 1.807) is 16.7 Å². The number of carbonyl (C=O) groups is 2. The molecule has 8 nitrogen and oxygen atoms in total. The minimum absolute atomic E-state index is 0.126. The summed E-state index contributed by atoms with van der Waals surface area (Å²) in [6.07, 6.45) is 1.08.